The molecule has 6 nitrogen and oxygen atoms in total. The van der Waals surface area contributed by atoms with Gasteiger partial charge in [-0.3, -0.25) is 4.79 Å². The number of para-hydroxylation sites is 1. The predicted molar refractivity (Wildman–Crippen MR) is 93.1 cm³/mol. The zero-order chi connectivity index (χ0) is 16.5. The smallest absolute Gasteiger partial charge is 0.237 e. The van der Waals surface area contributed by atoms with Crippen LogP contribution in [0.25, 0.3) is 0 Å². The lowest BCUT2D eigenvalue weighted by Gasteiger charge is -2.22. The molecule has 1 aliphatic carbocycles. The molecule has 2 aromatic rings. The molecule has 1 aliphatic heterocycles. The number of aromatic nitrogens is 4. The Kier molecular flexibility index (Phi) is 4.26. The van der Waals surface area contributed by atoms with Gasteiger partial charge < -0.3 is 4.90 Å². The Morgan fingerprint density at radius 3 is 2.92 bits per heavy atom. The molecule has 24 heavy (non-hydrogen) atoms. The third-order valence-electron chi connectivity index (χ3n) is 4.93. The molecule has 0 spiro atoms. The van der Waals surface area contributed by atoms with Gasteiger partial charge in [0, 0.05) is 11.7 Å². The van der Waals surface area contributed by atoms with E-state index in [4.69, 9.17) is 0 Å². The van der Waals surface area contributed by atoms with Gasteiger partial charge in [0.1, 0.15) is 0 Å². The van der Waals surface area contributed by atoms with E-state index in [1.54, 1.807) is 0 Å². The Morgan fingerprint density at radius 2 is 2.08 bits per heavy atom. The van der Waals surface area contributed by atoms with Crippen molar-refractivity contribution in [3.05, 3.63) is 29.8 Å². The summed E-state index contributed by atoms with van der Waals surface area (Å²) < 4.78 is 1.91. The first kappa shape index (κ1) is 15.6. The quantitative estimate of drug-likeness (QED) is 0.799. The number of anilines is 1. The van der Waals surface area contributed by atoms with Crippen molar-refractivity contribution in [2.75, 3.05) is 10.7 Å². The monoisotopic (exact) mass is 343 g/mol. The minimum atomic E-state index is 0.124. The van der Waals surface area contributed by atoms with Crippen molar-refractivity contribution in [2.45, 2.75) is 56.3 Å². The van der Waals surface area contributed by atoms with Gasteiger partial charge in [-0.25, -0.2) is 4.68 Å². The first-order valence-electron chi connectivity index (χ1n) is 8.54. The third-order valence-corrected chi connectivity index (χ3v) is 5.85. The Hall–Kier alpha value is -1.89. The van der Waals surface area contributed by atoms with E-state index in [2.05, 4.69) is 28.5 Å². The molecule has 0 radical (unpaired) electrons. The molecule has 0 bridgehead atoms. The molecule has 1 saturated carbocycles. The van der Waals surface area contributed by atoms with Crippen LogP contribution in [-0.2, 0) is 11.2 Å². The molecular weight excluding hydrogens is 322 g/mol. The number of benzene rings is 1. The lowest BCUT2D eigenvalue weighted by atomic mass is 10.1. The Balaban J connectivity index is 1.45. The summed E-state index contributed by atoms with van der Waals surface area (Å²) in [5.41, 5.74) is 2.30. The van der Waals surface area contributed by atoms with Crippen LogP contribution in [-0.4, -0.2) is 37.9 Å². The van der Waals surface area contributed by atoms with Gasteiger partial charge in [0.25, 0.3) is 0 Å². The van der Waals surface area contributed by atoms with E-state index < -0.39 is 0 Å². The van der Waals surface area contributed by atoms with Gasteiger partial charge in [-0.15, -0.1) is 5.10 Å². The van der Waals surface area contributed by atoms with Gasteiger partial charge in [0.2, 0.25) is 11.1 Å². The largest absolute Gasteiger partial charge is 0.308 e. The number of thioether (sulfide) groups is 1. The SMILES string of the molecule is C[C@@H]1Cc2ccccc2N1C(=O)CSc1nnnn1C1CCCC1. The van der Waals surface area contributed by atoms with Crippen LogP contribution in [0.15, 0.2) is 29.4 Å². The summed E-state index contributed by atoms with van der Waals surface area (Å²) in [6, 6.07) is 8.76. The van der Waals surface area contributed by atoms with Crippen LogP contribution >= 0.6 is 11.8 Å². The molecule has 0 saturated heterocycles. The Bertz CT molecular complexity index is 740. The number of nitrogens with zero attached hydrogens (tertiary/aromatic N) is 5. The van der Waals surface area contributed by atoms with Crippen LogP contribution in [0, 0.1) is 0 Å². The van der Waals surface area contributed by atoms with Gasteiger partial charge >= 0.3 is 0 Å². The van der Waals surface area contributed by atoms with E-state index in [0.29, 0.717) is 11.8 Å². The third kappa shape index (κ3) is 2.81. The highest BCUT2D eigenvalue weighted by molar-refractivity contribution is 7.99. The van der Waals surface area contributed by atoms with Crippen LogP contribution in [0.5, 0.6) is 0 Å². The number of rotatable bonds is 4. The fourth-order valence-corrected chi connectivity index (χ4v) is 4.60. The number of amides is 1. The number of tetrazole rings is 1. The minimum absolute atomic E-state index is 0.124. The second kappa shape index (κ2) is 6.55. The first-order chi connectivity index (χ1) is 11.7. The van der Waals surface area contributed by atoms with E-state index in [1.807, 2.05) is 27.8 Å². The van der Waals surface area contributed by atoms with Crippen LogP contribution < -0.4 is 4.90 Å². The van der Waals surface area contributed by atoms with Crippen LogP contribution in [0.1, 0.15) is 44.2 Å². The lowest BCUT2D eigenvalue weighted by molar-refractivity contribution is -0.116. The van der Waals surface area contributed by atoms with Crippen LogP contribution in [0.2, 0.25) is 0 Å². The predicted octanol–water partition coefficient (Wildman–Crippen LogP) is 2.86. The van der Waals surface area contributed by atoms with E-state index in [-0.39, 0.29) is 11.9 Å². The number of fused-ring (bicyclic) bond motifs is 1. The van der Waals surface area contributed by atoms with E-state index in [0.717, 1.165) is 30.1 Å². The highest BCUT2D eigenvalue weighted by Gasteiger charge is 2.31. The lowest BCUT2D eigenvalue weighted by Crippen LogP contribution is -2.37. The van der Waals surface area contributed by atoms with Crippen molar-refractivity contribution in [3.63, 3.8) is 0 Å². The highest BCUT2D eigenvalue weighted by Crippen LogP contribution is 2.34. The van der Waals surface area contributed by atoms with E-state index >= 15 is 0 Å². The van der Waals surface area contributed by atoms with Gasteiger partial charge in [0.15, 0.2) is 0 Å². The van der Waals surface area contributed by atoms with Crippen LogP contribution in [0.3, 0.4) is 0 Å². The van der Waals surface area contributed by atoms with Crippen molar-refractivity contribution in [2.24, 2.45) is 0 Å². The van der Waals surface area contributed by atoms with E-state index in [1.165, 1.54) is 30.2 Å². The molecule has 7 heteroatoms. The fraction of sp³-hybridized carbons (Fsp3) is 0.529. The maximum atomic E-state index is 12.8. The second-order valence-corrected chi connectivity index (χ2v) is 7.52. The normalized spacial score (nSPS) is 20.5. The van der Waals surface area contributed by atoms with Crippen molar-refractivity contribution < 1.29 is 4.79 Å². The second-order valence-electron chi connectivity index (χ2n) is 6.58. The van der Waals surface area contributed by atoms with Gasteiger partial charge in [-0.1, -0.05) is 42.8 Å². The molecule has 1 aromatic carbocycles. The molecule has 1 aromatic heterocycles. The minimum Gasteiger partial charge on any atom is -0.308 e. The molecule has 0 unspecified atom stereocenters. The maximum absolute atomic E-state index is 12.8. The molecule has 2 heterocycles. The van der Waals surface area contributed by atoms with Gasteiger partial charge in [0.05, 0.1) is 11.8 Å². The molecular formula is C17H21N5OS. The topological polar surface area (TPSA) is 63.9 Å². The van der Waals surface area contributed by atoms with Gasteiger partial charge in [-0.2, -0.15) is 0 Å². The molecule has 4 rings (SSSR count). The average Bonchev–Trinajstić information content (AvgIpc) is 3.30. The Labute approximate surface area is 145 Å². The van der Waals surface area contributed by atoms with E-state index in [9.17, 15) is 4.79 Å². The van der Waals surface area contributed by atoms with Crippen molar-refractivity contribution in [1.82, 2.24) is 20.2 Å². The standard InChI is InChI=1S/C17H21N5OS/c1-12-10-13-6-2-5-9-15(13)21(12)16(23)11-24-17-18-19-20-22(17)14-7-3-4-8-14/h2,5-6,9,12,14H,3-4,7-8,10-11H2,1H3/t12-/m1/s1. The summed E-state index contributed by atoms with van der Waals surface area (Å²) in [5.74, 6) is 0.490. The summed E-state index contributed by atoms with van der Waals surface area (Å²) in [4.78, 5) is 14.7. The zero-order valence-electron chi connectivity index (χ0n) is 13.8. The highest BCUT2D eigenvalue weighted by atomic mass is 32.2. The maximum Gasteiger partial charge on any atom is 0.237 e. The van der Waals surface area contributed by atoms with Crippen molar-refractivity contribution >= 4 is 23.4 Å². The molecule has 0 N–H and O–H groups in total. The van der Waals surface area contributed by atoms with Crippen LogP contribution in [0.4, 0.5) is 5.69 Å². The molecule has 2 aliphatic rings. The first-order valence-corrected chi connectivity index (χ1v) is 9.53. The van der Waals surface area contributed by atoms with Crippen molar-refractivity contribution in [3.8, 4) is 0 Å². The molecule has 1 atom stereocenters. The fourth-order valence-electron chi connectivity index (χ4n) is 3.80. The summed E-state index contributed by atoms with van der Waals surface area (Å²) in [5, 5.41) is 12.8. The average molecular weight is 343 g/mol. The summed E-state index contributed by atoms with van der Waals surface area (Å²) in [6.45, 7) is 2.10. The zero-order valence-corrected chi connectivity index (χ0v) is 14.6. The number of carbonyl (C=O) groups excluding carboxylic acids is 1. The number of carbonyl (C=O) groups is 1. The molecule has 1 amide bonds. The molecule has 1 fully saturated rings. The summed E-state index contributed by atoms with van der Waals surface area (Å²) in [7, 11) is 0. The van der Waals surface area contributed by atoms with Gasteiger partial charge in [-0.05, 0) is 48.2 Å². The summed E-state index contributed by atoms with van der Waals surface area (Å²) >= 11 is 1.45. The summed E-state index contributed by atoms with van der Waals surface area (Å²) in [6.07, 6.45) is 5.64. The number of hydrogen-bond acceptors (Lipinski definition) is 5. The Morgan fingerprint density at radius 1 is 1.29 bits per heavy atom. The molecule has 126 valence electrons. The number of hydrogen-bond donors (Lipinski definition) is 0. The van der Waals surface area contributed by atoms with Crippen molar-refractivity contribution in [1.29, 1.82) is 0 Å².